The lowest BCUT2D eigenvalue weighted by Gasteiger charge is -2.42. The smallest absolute Gasteiger partial charge is 0.257 e. The fourth-order valence-corrected chi connectivity index (χ4v) is 5.19. The van der Waals surface area contributed by atoms with E-state index in [9.17, 15) is 18.8 Å². The van der Waals surface area contributed by atoms with Crippen molar-refractivity contribution in [3.05, 3.63) is 89.2 Å². The van der Waals surface area contributed by atoms with Crippen LogP contribution in [0.1, 0.15) is 45.5 Å². The monoisotopic (exact) mass is 561 g/mol. The van der Waals surface area contributed by atoms with Gasteiger partial charge in [0.05, 0.1) is 31.2 Å². The Balaban J connectivity index is 1.22. The highest BCUT2D eigenvalue weighted by Gasteiger charge is 2.39. The maximum atomic E-state index is 13.9. The average molecular weight is 562 g/mol. The molecule has 2 heterocycles. The van der Waals surface area contributed by atoms with Crippen LogP contribution in [-0.4, -0.2) is 61.6 Å². The van der Waals surface area contributed by atoms with Crippen molar-refractivity contribution >= 4 is 23.4 Å². The van der Waals surface area contributed by atoms with Crippen LogP contribution in [-0.2, 0) is 16.1 Å². The lowest BCUT2D eigenvalue weighted by atomic mass is 9.94. The molecule has 3 amide bonds. The molecule has 41 heavy (non-hydrogen) atoms. The van der Waals surface area contributed by atoms with Gasteiger partial charge in [0.1, 0.15) is 30.0 Å². The third kappa shape index (κ3) is 6.49. The summed E-state index contributed by atoms with van der Waals surface area (Å²) in [6.07, 6.45) is 0.556. The second-order valence-corrected chi connectivity index (χ2v) is 10.1. The zero-order valence-corrected chi connectivity index (χ0v) is 22.9. The van der Waals surface area contributed by atoms with Gasteiger partial charge in [0, 0.05) is 30.4 Å². The Morgan fingerprint density at radius 2 is 1.90 bits per heavy atom. The number of ether oxygens (including phenoxy) is 3. The minimum absolute atomic E-state index is 0.101. The predicted molar refractivity (Wildman–Crippen MR) is 150 cm³/mol. The van der Waals surface area contributed by atoms with Crippen LogP contribution in [0.25, 0.3) is 0 Å². The number of rotatable bonds is 7. The van der Waals surface area contributed by atoms with Gasteiger partial charge in [0.25, 0.3) is 11.8 Å². The summed E-state index contributed by atoms with van der Waals surface area (Å²) in [5.41, 5.74) is 1.64. The largest absolute Gasteiger partial charge is 0.497 e. The minimum atomic E-state index is -0.428. The van der Waals surface area contributed by atoms with Crippen LogP contribution < -0.4 is 20.1 Å². The molecule has 1 fully saturated rings. The van der Waals surface area contributed by atoms with Crippen molar-refractivity contribution in [2.24, 2.45) is 0 Å². The van der Waals surface area contributed by atoms with E-state index in [-0.39, 0.29) is 55.3 Å². The van der Waals surface area contributed by atoms with Crippen molar-refractivity contribution in [2.45, 2.75) is 44.1 Å². The number of halogens is 1. The number of methoxy groups -OCH3 is 1. The van der Waals surface area contributed by atoms with Crippen LogP contribution >= 0.6 is 0 Å². The molecular weight excluding hydrogens is 529 g/mol. The van der Waals surface area contributed by atoms with Crippen LogP contribution in [0.5, 0.6) is 11.5 Å². The van der Waals surface area contributed by atoms with E-state index in [1.165, 1.54) is 13.2 Å². The van der Waals surface area contributed by atoms with Crippen LogP contribution in [0.15, 0.2) is 66.7 Å². The van der Waals surface area contributed by atoms with E-state index in [0.717, 1.165) is 0 Å². The maximum absolute atomic E-state index is 13.9. The van der Waals surface area contributed by atoms with Gasteiger partial charge in [0.15, 0.2) is 0 Å². The quantitative estimate of drug-likeness (QED) is 0.449. The second kappa shape index (κ2) is 12.4. The van der Waals surface area contributed by atoms with Crippen molar-refractivity contribution in [1.29, 1.82) is 0 Å². The lowest BCUT2D eigenvalue weighted by molar-refractivity contribution is -0.134. The number of benzene rings is 3. The summed E-state index contributed by atoms with van der Waals surface area (Å²) in [5, 5.41) is 5.59. The summed E-state index contributed by atoms with van der Waals surface area (Å²) in [5.74, 6) is -0.237. The Morgan fingerprint density at radius 3 is 2.71 bits per heavy atom. The Kier molecular flexibility index (Phi) is 8.49. The molecule has 0 spiro atoms. The highest BCUT2D eigenvalue weighted by Crippen LogP contribution is 2.32. The number of hydrogen-bond acceptors (Lipinski definition) is 6. The summed E-state index contributed by atoms with van der Waals surface area (Å²) in [6, 6.07) is 17.8. The maximum Gasteiger partial charge on any atom is 0.257 e. The summed E-state index contributed by atoms with van der Waals surface area (Å²) in [7, 11) is 3.25. The summed E-state index contributed by atoms with van der Waals surface area (Å²) in [6.45, 7) is 0.293. The summed E-state index contributed by atoms with van der Waals surface area (Å²) >= 11 is 0. The highest BCUT2D eigenvalue weighted by molar-refractivity contribution is 6.05. The van der Waals surface area contributed by atoms with Gasteiger partial charge in [-0.15, -0.1) is 0 Å². The fraction of sp³-hybridized carbons (Fsp3) is 0.323. The van der Waals surface area contributed by atoms with Gasteiger partial charge in [0.2, 0.25) is 5.91 Å². The first-order chi connectivity index (χ1) is 19.8. The first-order valence-corrected chi connectivity index (χ1v) is 13.5. The molecule has 0 radical (unpaired) electrons. The molecule has 0 aliphatic carbocycles. The van der Waals surface area contributed by atoms with E-state index in [0.29, 0.717) is 46.7 Å². The molecular formula is C31H32FN3O6. The topological polar surface area (TPSA) is 106 Å². The normalized spacial score (nSPS) is 20.0. The molecule has 1 saturated heterocycles. The molecule has 3 aromatic carbocycles. The predicted octanol–water partition coefficient (Wildman–Crippen LogP) is 4.17. The Hall–Kier alpha value is -4.44. The number of carbonyl (C=O) groups is 3. The number of carbonyl (C=O) groups excluding carboxylic acids is 3. The van der Waals surface area contributed by atoms with Crippen LogP contribution in [0.2, 0.25) is 0 Å². The second-order valence-electron chi connectivity index (χ2n) is 10.1. The molecule has 10 heteroatoms. The van der Waals surface area contributed by atoms with E-state index in [4.69, 9.17) is 14.2 Å². The molecule has 214 valence electrons. The van der Waals surface area contributed by atoms with E-state index in [2.05, 4.69) is 10.6 Å². The molecule has 2 N–H and O–H groups in total. The van der Waals surface area contributed by atoms with Crippen molar-refractivity contribution in [1.82, 2.24) is 10.2 Å². The standard InChI is InChI=1S/C31H32FN3O6/c1-35-26-12-11-23(16-29(36)33-17-20-6-3-4-9-25(20)32)41-28(26)18-40-27-13-10-21(15-24(27)31(35)38)34-30(37)19-7-5-8-22(14-19)39-2/h3-10,13-15,23,26,28H,11-12,16-18H2,1-2H3,(H,33,36)(H,34,37)/t23-,26+,28-/m0/s1. The third-order valence-electron chi connectivity index (χ3n) is 7.45. The van der Waals surface area contributed by atoms with E-state index in [1.54, 1.807) is 72.6 Å². The molecule has 0 saturated carbocycles. The number of nitrogens with zero attached hydrogens (tertiary/aromatic N) is 1. The minimum Gasteiger partial charge on any atom is -0.497 e. The molecule has 0 unspecified atom stereocenters. The molecule has 0 bridgehead atoms. The van der Waals surface area contributed by atoms with Gasteiger partial charge in [-0.05, 0) is 55.3 Å². The van der Waals surface area contributed by atoms with Gasteiger partial charge in [-0.2, -0.15) is 0 Å². The first kappa shape index (κ1) is 28.1. The SMILES string of the molecule is COc1cccc(C(=O)Nc2ccc3c(c2)C(=O)N(C)[C@@H]2CC[C@@H](CC(=O)NCc4ccccc4F)O[C@H]2CO3)c1. The number of fused-ring (bicyclic) bond motifs is 2. The summed E-state index contributed by atoms with van der Waals surface area (Å²) < 4.78 is 31.3. The van der Waals surface area contributed by atoms with Crippen LogP contribution in [0.3, 0.4) is 0 Å². The van der Waals surface area contributed by atoms with Gasteiger partial charge < -0.3 is 29.7 Å². The average Bonchev–Trinajstić information content (AvgIpc) is 2.99. The number of nitrogens with one attached hydrogen (secondary N) is 2. The van der Waals surface area contributed by atoms with E-state index < -0.39 is 6.10 Å². The fourth-order valence-electron chi connectivity index (χ4n) is 5.19. The van der Waals surface area contributed by atoms with Crippen molar-refractivity contribution in [2.75, 3.05) is 26.1 Å². The molecule has 3 atom stereocenters. The van der Waals surface area contributed by atoms with Crippen molar-refractivity contribution < 1.29 is 33.0 Å². The lowest BCUT2D eigenvalue weighted by Crippen LogP contribution is -2.53. The molecule has 3 aromatic rings. The molecule has 0 aromatic heterocycles. The molecule has 2 aliphatic rings. The Morgan fingerprint density at radius 1 is 1.07 bits per heavy atom. The Labute approximate surface area is 237 Å². The number of hydrogen-bond donors (Lipinski definition) is 2. The third-order valence-corrected chi connectivity index (χ3v) is 7.45. The Bertz CT molecular complexity index is 1450. The zero-order valence-electron chi connectivity index (χ0n) is 22.9. The first-order valence-electron chi connectivity index (χ1n) is 13.5. The molecule has 9 nitrogen and oxygen atoms in total. The highest BCUT2D eigenvalue weighted by atomic mass is 19.1. The zero-order chi connectivity index (χ0) is 28.9. The van der Waals surface area contributed by atoms with Crippen LogP contribution in [0, 0.1) is 5.82 Å². The van der Waals surface area contributed by atoms with Crippen LogP contribution in [0.4, 0.5) is 10.1 Å². The van der Waals surface area contributed by atoms with E-state index in [1.807, 2.05) is 0 Å². The van der Waals surface area contributed by atoms with Crippen molar-refractivity contribution in [3.8, 4) is 11.5 Å². The van der Waals surface area contributed by atoms with Gasteiger partial charge >= 0.3 is 0 Å². The van der Waals surface area contributed by atoms with Gasteiger partial charge in [-0.25, -0.2) is 4.39 Å². The molecule has 2 aliphatic heterocycles. The van der Waals surface area contributed by atoms with Crippen molar-refractivity contribution in [3.63, 3.8) is 0 Å². The summed E-state index contributed by atoms with van der Waals surface area (Å²) in [4.78, 5) is 40.5. The van der Waals surface area contributed by atoms with E-state index >= 15 is 0 Å². The number of likely N-dealkylation sites (N-methyl/N-ethyl adjacent to an activating group) is 1. The number of amides is 3. The molecule has 5 rings (SSSR count). The number of anilines is 1. The van der Waals surface area contributed by atoms with Gasteiger partial charge in [-0.3, -0.25) is 14.4 Å². The van der Waals surface area contributed by atoms with Gasteiger partial charge in [-0.1, -0.05) is 24.3 Å².